The van der Waals surface area contributed by atoms with E-state index in [-0.39, 0.29) is 6.42 Å². The number of rotatable bonds is 6. The van der Waals surface area contributed by atoms with E-state index in [0.29, 0.717) is 5.69 Å². The molecule has 0 aliphatic heterocycles. The lowest BCUT2D eigenvalue weighted by atomic mass is 10.2. The third-order valence-corrected chi connectivity index (χ3v) is 3.60. The van der Waals surface area contributed by atoms with E-state index >= 15 is 0 Å². The summed E-state index contributed by atoms with van der Waals surface area (Å²) in [7, 11) is 0. The lowest BCUT2D eigenvalue weighted by Gasteiger charge is -2.19. The Morgan fingerprint density at radius 1 is 1.35 bits per heavy atom. The largest absolute Gasteiger partial charge is 0.481 e. The summed E-state index contributed by atoms with van der Waals surface area (Å²) in [4.78, 5) is 17.8. The minimum Gasteiger partial charge on any atom is -0.481 e. The number of carbonyl (C=O) groups is 1. The van der Waals surface area contributed by atoms with Crippen LogP contribution in [0.2, 0.25) is 0 Å². The number of hydrogen-bond donors (Lipinski definition) is 1. The Labute approximate surface area is 118 Å². The van der Waals surface area contributed by atoms with Crippen LogP contribution >= 0.6 is 0 Å². The molecule has 2 rings (SSSR count). The second kappa shape index (κ2) is 6.05. The van der Waals surface area contributed by atoms with Crippen molar-refractivity contribution in [2.75, 3.05) is 13.1 Å². The van der Waals surface area contributed by atoms with Crippen molar-refractivity contribution in [3.63, 3.8) is 0 Å². The van der Waals surface area contributed by atoms with Gasteiger partial charge >= 0.3 is 5.97 Å². The van der Waals surface area contributed by atoms with Gasteiger partial charge in [0.15, 0.2) is 0 Å². The van der Waals surface area contributed by atoms with E-state index in [4.69, 9.17) is 5.11 Å². The van der Waals surface area contributed by atoms with Crippen LogP contribution in [-0.4, -0.2) is 38.4 Å². The van der Waals surface area contributed by atoms with Crippen LogP contribution in [0.4, 0.5) is 0 Å². The Kier molecular flexibility index (Phi) is 4.39. The maximum Gasteiger partial charge on any atom is 0.309 e. The molecule has 0 bridgehead atoms. The molecular formula is C15H21N3O2. The maximum absolute atomic E-state index is 11.0. The van der Waals surface area contributed by atoms with Gasteiger partial charge in [-0.3, -0.25) is 14.1 Å². The zero-order chi connectivity index (χ0) is 14.7. The Hall–Kier alpha value is -1.88. The second-order valence-corrected chi connectivity index (χ2v) is 4.90. The van der Waals surface area contributed by atoms with Crippen LogP contribution in [0, 0.1) is 6.92 Å². The lowest BCUT2D eigenvalue weighted by molar-refractivity contribution is -0.136. The highest BCUT2D eigenvalue weighted by molar-refractivity contribution is 5.70. The van der Waals surface area contributed by atoms with Gasteiger partial charge in [-0.25, -0.2) is 4.98 Å². The highest BCUT2D eigenvalue weighted by Gasteiger charge is 2.17. The first-order chi connectivity index (χ1) is 9.56. The number of pyridine rings is 1. The predicted octanol–water partition coefficient (Wildman–Crippen LogP) is 2.11. The van der Waals surface area contributed by atoms with Crippen LogP contribution < -0.4 is 0 Å². The molecule has 0 unspecified atom stereocenters. The summed E-state index contributed by atoms with van der Waals surface area (Å²) < 4.78 is 2.07. The molecule has 0 saturated heterocycles. The average Bonchev–Trinajstić information content (AvgIpc) is 2.74. The van der Waals surface area contributed by atoms with Gasteiger partial charge in [-0.2, -0.15) is 0 Å². The Morgan fingerprint density at radius 3 is 2.65 bits per heavy atom. The van der Waals surface area contributed by atoms with Crippen molar-refractivity contribution < 1.29 is 9.90 Å². The first kappa shape index (κ1) is 14.5. The molecule has 5 nitrogen and oxygen atoms in total. The predicted molar refractivity (Wildman–Crippen MR) is 77.9 cm³/mol. The monoisotopic (exact) mass is 275 g/mol. The SMILES string of the molecule is CCN(CC)Cc1c(CC(=O)O)nc2cccc(C)n12. The first-order valence-electron chi connectivity index (χ1n) is 6.96. The summed E-state index contributed by atoms with van der Waals surface area (Å²) in [6.45, 7) is 8.82. The summed E-state index contributed by atoms with van der Waals surface area (Å²) in [6.07, 6.45) is -0.0300. The molecule has 0 fully saturated rings. The lowest BCUT2D eigenvalue weighted by Crippen LogP contribution is -2.24. The zero-order valence-electron chi connectivity index (χ0n) is 12.3. The fourth-order valence-corrected chi connectivity index (χ4v) is 2.48. The number of hydrogen-bond acceptors (Lipinski definition) is 3. The van der Waals surface area contributed by atoms with Gasteiger partial charge in [0.1, 0.15) is 5.65 Å². The van der Waals surface area contributed by atoms with Gasteiger partial charge in [-0.1, -0.05) is 19.9 Å². The quantitative estimate of drug-likeness (QED) is 0.877. The van der Waals surface area contributed by atoms with Crippen molar-refractivity contribution in [1.82, 2.24) is 14.3 Å². The van der Waals surface area contributed by atoms with Gasteiger partial charge in [0, 0.05) is 12.2 Å². The second-order valence-electron chi connectivity index (χ2n) is 4.90. The summed E-state index contributed by atoms with van der Waals surface area (Å²) >= 11 is 0. The average molecular weight is 275 g/mol. The molecule has 0 spiro atoms. The summed E-state index contributed by atoms with van der Waals surface area (Å²) in [6, 6.07) is 5.89. The summed E-state index contributed by atoms with van der Waals surface area (Å²) in [5.74, 6) is -0.841. The molecule has 0 saturated carbocycles. The molecule has 20 heavy (non-hydrogen) atoms. The normalized spacial score (nSPS) is 11.4. The third-order valence-electron chi connectivity index (χ3n) is 3.60. The number of aliphatic carboxylic acids is 1. The van der Waals surface area contributed by atoms with E-state index in [1.807, 2.05) is 25.1 Å². The van der Waals surface area contributed by atoms with Crippen molar-refractivity contribution in [3.8, 4) is 0 Å². The molecule has 0 radical (unpaired) electrons. The molecule has 0 aromatic carbocycles. The number of aryl methyl sites for hydroxylation is 1. The molecule has 1 N–H and O–H groups in total. The van der Waals surface area contributed by atoms with Gasteiger partial charge < -0.3 is 5.11 Å². The van der Waals surface area contributed by atoms with Crippen molar-refractivity contribution >= 4 is 11.6 Å². The standard InChI is InChI=1S/C15H21N3O2/c1-4-17(5-2)10-13-12(9-15(19)20)16-14-8-6-7-11(3)18(13)14/h6-8H,4-5,9-10H2,1-3H3,(H,19,20). The zero-order valence-corrected chi connectivity index (χ0v) is 12.3. The molecule has 0 aliphatic rings. The third kappa shape index (κ3) is 2.82. The Morgan fingerprint density at radius 2 is 2.05 bits per heavy atom. The number of carboxylic acids is 1. The maximum atomic E-state index is 11.0. The van der Waals surface area contributed by atoms with Gasteiger partial charge in [-0.05, 0) is 32.1 Å². The highest BCUT2D eigenvalue weighted by atomic mass is 16.4. The van der Waals surface area contributed by atoms with E-state index < -0.39 is 5.97 Å². The van der Waals surface area contributed by atoms with Gasteiger partial charge in [0.2, 0.25) is 0 Å². The molecule has 2 heterocycles. The fourth-order valence-electron chi connectivity index (χ4n) is 2.48. The van der Waals surface area contributed by atoms with Gasteiger partial charge in [-0.15, -0.1) is 0 Å². The molecule has 0 aliphatic carbocycles. The number of imidazole rings is 1. The molecule has 0 atom stereocenters. The number of fused-ring (bicyclic) bond motifs is 1. The Balaban J connectivity index is 2.53. The van der Waals surface area contributed by atoms with E-state index in [1.165, 1.54) is 0 Å². The van der Waals surface area contributed by atoms with Crippen LogP contribution in [0.3, 0.4) is 0 Å². The minimum absolute atomic E-state index is 0.0300. The molecular weight excluding hydrogens is 254 g/mol. The van der Waals surface area contributed by atoms with Gasteiger partial charge in [0.05, 0.1) is 17.8 Å². The van der Waals surface area contributed by atoms with Crippen molar-refractivity contribution in [2.45, 2.75) is 33.7 Å². The molecule has 2 aromatic heterocycles. The van der Waals surface area contributed by atoms with Crippen LogP contribution in [0.15, 0.2) is 18.2 Å². The van der Waals surface area contributed by atoms with E-state index in [9.17, 15) is 4.79 Å². The first-order valence-corrected chi connectivity index (χ1v) is 6.96. The van der Waals surface area contributed by atoms with Crippen LogP contribution in [0.25, 0.3) is 5.65 Å². The van der Waals surface area contributed by atoms with Crippen LogP contribution in [-0.2, 0) is 17.8 Å². The molecule has 0 amide bonds. The van der Waals surface area contributed by atoms with Crippen LogP contribution in [0.5, 0.6) is 0 Å². The van der Waals surface area contributed by atoms with Crippen molar-refractivity contribution in [3.05, 3.63) is 35.3 Å². The highest BCUT2D eigenvalue weighted by Crippen LogP contribution is 2.18. The topological polar surface area (TPSA) is 57.8 Å². The van der Waals surface area contributed by atoms with Gasteiger partial charge in [0.25, 0.3) is 0 Å². The van der Waals surface area contributed by atoms with E-state index in [2.05, 4.69) is 28.1 Å². The van der Waals surface area contributed by atoms with Crippen molar-refractivity contribution in [1.29, 1.82) is 0 Å². The number of carboxylic acid groups (broad SMARTS) is 1. The Bertz CT molecular complexity index is 615. The molecule has 5 heteroatoms. The smallest absolute Gasteiger partial charge is 0.309 e. The van der Waals surface area contributed by atoms with Crippen molar-refractivity contribution in [2.24, 2.45) is 0 Å². The molecule has 108 valence electrons. The van der Waals surface area contributed by atoms with E-state index in [1.54, 1.807) is 0 Å². The summed E-state index contributed by atoms with van der Waals surface area (Å²) in [5, 5.41) is 9.07. The number of nitrogens with zero attached hydrogens (tertiary/aromatic N) is 3. The summed E-state index contributed by atoms with van der Waals surface area (Å²) in [5.41, 5.74) is 3.56. The molecule has 2 aromatic rings. The minimum atomic E-state index is -0.841. The van der Waals surface area contributed by atoms with E-state index in [0.717, 1.165) is 36.7 Å². The fraction of sp³-hybridized carbons (Fsp3) is 0.467. The van der Waals surface area contributed by atoms with Crippen LogP contribution in [0.1, 0.15) is 30.9 Å². The number of aromatic nitrogens is 2.